The van der Waals surface area contributed by atoms with Gasteiger partial charge in [-0.05, 0) is 54.6 Å². The van der Waals surface area contributed by atoms with Gasteiger partial charge in [-0.25, -0.2) is 0 Å². The first kappa shape index (κ1) is 15.6. The van der Waals surface area contributed by atoms with Gasteiger partial charge < -0.3 is 9.88 Å². The SMILES string of the molecule is Cc1cc(C(C)Nc2ccccc2)c2cc(Cl)n(C)c(=O)c2c1. The van der Waals surface area contributed by atoms with Crippen LogP contribution < -0.4 is 10.9 Å². The van der Waals surface area contributed by atoms with Crippen LogP contribution in [0.15, 0.2) is 53.3 Å². The normalized spacial score (nSPS) is 12.3. The zero-order valence-corrected chi connectivity index (χ0v) is 14.2. The van der Waals surface area contributed by atoms with Crippen LogP contribution in [0.1, 0.15) is 24.1 Å². The number of halogens is 1. The van der Waals surface area contributed by atoms with Crippen molar-refractivity contribution < 1.29 is 0 Å². The summed E-state index contributed by atoms with van der Waals surface area (Å²) in [5, 5.41) is 5.53. The molecule has 118 valence electrons. The molecule has 0 spiro atoms. The van der Waals surface area contributed by atoms with Crippen LogP contribution in [0, 0.1) is 6.92 Å². The number of fused-ring (bicyclic) bond motifs is 1. The monoisotopic (exact) mass is 326 g/mol. The molecule has 1 atom stereocenters. The summed E-state index contributed by atoms with van der Waals surface area (Å²) < 4.78 is 1.47. The number of nitrogens with zero attached hydrogens (tertiary/aromatic N) is 1. The second kappa shape index (κ2) is 6.09. The van der Waals surface area contributed by atoms with Gasteiger partial charge in [0.1, 0.15) is 5.15 Å². The van der Waals surface area contributed by atoms with Crippen molar-refractivity contribution in [2.24, 2.45) is 7.05 Å². The summed E-state index contributed by atoms with van der Waals surface area (Å²) in [6, 6.07) is 16.0. The molecule has 3 rings (SSSR count). The van der Waals surface area contributed by atoms with Gasteiger partial charge in [-0.15, -0.1) is 0 Å². The van der Waals surface area contributed by atoms with Gasteiger partial charge in [0.2, 0.25) is 0 Å². The van der Waals surface area contributed by atoms with E-state index in [-0.39, 0.29) is 11.6 Å². The third kappa shape index (κ3) is 2.97. The largest absolute Gasteiger partial charge is 0.378 e. The van der Waals surface area contributed by atoms with E-state index in [0.29, 0.717) is 10.5 Å². The lowest BCUT2D eigenvalue weighted by Crippen LogP contribution is -2.18. The Morgan fingerprint density at radius 3 is 2.48 bits per heavy atom. The van der Waals surface area contributed by atoms with Crippen LogP contribution in [0.2, 0.25) is 5.15 Å². The quantitative estimate of drug-likeness (QED) is 0.709. The van der Waals surface area contributed by atoms with E-state index in [1.54, 1.807) is 7.05 Å². The first-order chi connectivity index (χ1) is 11.0. The van der Waals surface area contributed by atoms with Crippen LogP contribution in [0.25, 0.3) is 10.8 Å². The van der Waals surface area contributed by atoms with Gasteiger partial charge in [-0.2, -0.15) is 0 Å². The number of rotatable bonds is 3. The third-order valence-electron chi connectivity index (χ3n) is 4.10. The first-order valence-corrected chi connectivity index (χ1v) is 7.96. The van der Waals surface area contributed by atoms with E-state index in [9.17, 15) is 4.79 Å². The smallest absolute Gasteiger partial charge is 0.259 e. The lowest BCUT2D eigenvalue weighted by molar-refractivity contribution is 0.866. The molecule has 0 amide bonds. The van der Waals surface area contributed by atoms with Crippen LogP contribution >= 0.6 is 11.6 Å². The molecule has 1 unspecified atom stereocenters. The molecule has 0 fully saturated rings. The zero-order chi connectivity index (χ0) is 16.6. The molecule has 1 N–H and O–H groups in total. The molecule has 1 heterocycles. The predicted molar refractivity (Wildman–Crippen MR) is 97.4 cm³/mol. The third-order valence-corrected chi connectivity index (χ3v) is 4.46. The molecular weight excluding hydrogens is 308 g/mol. The maximum atomic E-state index is 12.5. The lowest BCUT2D eigenvalue weighted by atomic mass is 9.98. The summed E-state index contributed by atoms with van der Waals surface area (Å²) >= 11 is 6.21. The van der Waals surface area contributed by atoms with Gasteiger partial charge in [0.15, 0.2) is 0 Å². The number of hydrogen-bond acceptors (Lipinski definition) is 2. The summed E-state index contributed by atoms with van der Waals surface area (Å²) in [7, 11) is 1.69. The Kier molecular flexibility index (Phi) is 4.14. The van der Waals surface area contributed by atoms with Crippen LogP contribution in [-0.2, 0) is 7.05 Å². The van der Waals surface area contributed by atoms with Crippen molar-refractivity contribution in [2.45, 2.75) is 19.9 Å². The Balaban J connectivity index is 2.15. The number of benzene rings is 2. The molecule has 2 aromatic carbocycles. The Hall–Kier alpha value is -2.26. The second-order valence-electron chi connectivity index (χ2n) is 5.88. The van der Waals surface area contributed by atoms with E-state index in [0.717, 1.165) is 22.2 Å². The maximum absolute atomic E-state index is 12.5. The van der Waals surface area contributed by atoms with Gasteiger partial charge in [0.25, 0.3) is 5.56 Å². The molecule has 0 saturated carbocycles. The fourth-order valence-electron chi connectivity index (χ4n) is 2.88. The van der Waals surface area contributed by atoms with E-state index in [1.165, 1.54) is 4.57 Å². The minimum Gasteiger partial charge on any atom is -0.378 e. The molecule has 0 aliphatic carbocycles. The summed E-state index contributed by atoms with van der Waals surface area (Å²) in [4.78, 5) is 12.5. The molecule has 0 bridgehead atoms. The highest BCUT2D eigenvalue weighted by Gasteiger charge is 2.14. The van der Waals surface area contributed by atoms with Crippen molar-refractivity contribution >= 4 is 28.1 Å². The van der Waals surface area contributed by atoms with Crippen molar-refractivity contribution in [1.29, 1.82) is 0 Å². The molecular formula is C19H19ClN2O. The average molecular weight is 327 g/mol. The fourth-order valence-corrected chi connectivity index (χ4v) is 3.06. The summed E-state index contributed by atoms with van der Waals surface area (Å²) in [6.45, 7) is 4.10. The number of nitrogens with one attached hydrogen (secondary N) is 1. The number of para-hydroxylation sites is 1. The van der Waals surface area contributed by atoms with Gasteiger partial charge in [0, 0.05) is 24.2 Å². The fraction of sp³-hybridized carbons (Fsp3) is 0.211. The Morgan fingerprint density at radius 1 is 1.09 bits per heavy atom. The topological polar surface area (TPSA) is 34.0 Å². The van der Waals surface area contributed by atoms with E-state index >= 15 is 0 Å². The van der Waals surface area contributed by atoms with Crippen molar-refractivity contribution in [1.82, 2.24) is 4.57 Å². The molecule has 3 aromatic rings. The van der Waals surface area contributed by atoms with Crippen LogP contribution in [-0.4, -0.2) is 4.57 Å². The van der Waals surface area contributed by atoms with Crippen molar-refractivity contribution in [3.05, 3.63) is 75.2 Å². The van der Waals surface area contributed by atoms with E-state index in [1.807, 2.05) is 49.4 Å². The number of aromatic nitrogens is 1. The highest BCUT2D eigenvalue weighted by Crippen LogP contribution is 2.28. The van der Waals surface area contributed by atoms with Crippen molar-refractivity contribution in [2.75, 3.05) is 5.32 Å². The predicted octanol–water partition coefficient (Wildman–Crippen LogP) is 4.67. The van der Waals surface area contributed by atoms with Gasteiger partial charge in [0.05, 0.1) is 0 Å². The van der Waals surface area contributed by atoms with E-state index in [4.69, 9.17) is 11.6 Å². The summed E-state index contributed by atoms with van der Waals surface area (Å²) in [6.07, 6.45) is 0. The molecule has 0 radical (unpaired) electrons. The molecule has 4 heteroatoms. The van der Waals surface area contributed by atoms with Gasteiger partial charge in [-0.1, -0.05) is 35.9 Å². The highest BCUT2D eigenvalue weighted by atomic mass is 35.5. The number of aryl methyl sites for hydroxylation is 1. The van der Waals surface area contributed by atoms with Crippen molar-refractivity contribution in [3.8, 4) is 0 Å². The average Bonchev–Trinajstić information content (AvgIpc) is 2.54. The molecule has 23 heavy (non-hydrogen) atoms. The van der Waals surface area contributed by atoms with Gasteiger partial charge >= 0.3 is 0 Å². The Morgan fingerprint density at radius 2 is 1.78 bits per heavy atom. The minimum atomic E-state index is -0.0654. The zero-order valence-electron chi connectivity index (χ0n) is 13.4. The molecule has 0 aliphatic rings. The lowest BCUT2D eigenvalue weighted by Gasteiger charge is -2.19. The molecule has 0 aliphatic heterocycles. The highest BCUT2D eigenvalue weighted by molar-refractivity contribution is 6.30. The van der Waals surface area contributed by atoms with Gasteiger partial charge in [-0.3, -0.25) is 4.79 Å². The molecule has 3 nitrogen and oxygen atoms in total. The Bertz CT molecular complexity index is 916. The standard InChI is InChI=1S/C19H19ClN2O/c1-12-9-15(13(2)21-14-7-5-4-6-8-14)16-11-18(20)22(3)19(23)17(16)10-12/h4-11,13,21H,1-3H3. The van der Waals surface area contributed by atoms with Crippen LogP contribution in [0.3, 0.4) is 0 Å². The van der Waals surface area contributed by atoms with Crippen LogP contribution in [0.5, 0.6) is 0 Å². The summed E-state index contributed by atoms with van der Waals surface area (Å²) in [5.74, 6) is 0. The van der Waals surface area contributed by atoms with E-state index < -0.39 is 0 Å². The summed E-state index contributed by atoms with van der Waals surface area (Å²) in [5.41, 5.74) is 3.12. The van der Waals surface area contributed by atoms with E-state index in [2.05, 4.69) is 18.3 Å². The Labute approximate surface area is 140 Å². The number of anilines is 1. The van der Waals surface area contributed by atoms with Crippen LogP contribution in [0.4, 0.5) is 5.69 Å². The minimum absolute atomic E-state index is 0.0583. The first-order valence-electron chi connectivity index (χ1n) is 7.58. The molecule has 0 saturated heterocycles. The molecule has 1 aromatic heterocycles. The van der Waals surface area contributed by atoms with Crippen molar-refractivity contribution in [3.63, 3.8) is 0 Å². The number of pyridine rings is 1. The second-order valence-corrected chi connectivity index (χ2v) is 6.27. The number of hydrogen-bond donors (Lipinski definition) is 1. The maximum Gasteiger partial charge on any atom is 0.259 e.